The lowest BCUT2D eigenvalue weighted by atomic mass is 10.4. The van der Waals surface area contributed by atoms with Gasteiger partial charge in [-0.05, 0) is 25.1 Å². The molecule has 0 bridgehead atoms. The van der Waals surface area contributed by atoms with Crippen molar-refractivity contribution < 1.29 is 4.42 Å². The molecule has 0 aliphatic rings. The molecule has 17 heavy (non-hydrogen) atoms. The molecule has 2 heterocycles. The molecular weight excluding hydrogens is 258 g/mol. The summed E-state index contributed by atoms with van der Waals surface area (Å²) in [5, 5.41) is 0.637. The quantitative estimate of drug-likeness (QED) is 0.507. The average Bonchev–Trinajstić information content (AvgIpc) is 2.74. The fraction of sp³-hybridized carbons (Fsp3) is 0.182. The van der Waals surface area contributed by atoms with Gasteiger partial charge in [-0.2, -0.15) is 0 Å². The maximum Gasteiger partial charge on any atom is 0.140 e. The molecule has 90 valence electrons. The van der Waals surface area contributed by atoms with Gasteiger partial charge >= 0.3 is 0 Å². The molecule has 0 saturated heterocycles. The fourth-order valence-corrected chi connectivity index (χ4v) is 2.50. The molecule has 6 heteroatoms. The van der Waals surface area contributed by atoms with E-state index in [1.54, 1.807) is 30.2 Å². The van der Waals surface area contributed by atoms with Gasteiger partial charge in [0.15, 0.2) is 0 Å². The number of hydrogen-bond donors (Lipinski definition) is 2. The van der Waals surface area contributed by atoms with E-state index in [-0.39, 0.29) is 0 Å². The Labute approximate surface area is 109 Å². The van der Waals surface area contributed by atoms with E-state index in [9.17, 15) is 0 Å². The minimum atomic E-state index is 0.605. The van der Waals surface area contributed by atoms with E-state index in [4.69, 9.17) is 21.9 Å². The number of rotatable bonds is 4. The summed E-state index contributed by atoms with van der Waals surface area (Å²) < 4.78 is 5.22. The third-order valence-electron chi connectivity index (χ3n) is 2.24. The molecule has 0 saturated carbocycles. The van der Waals surface area contributed by atoms with Gasteiger partial charge in [0.05, 0.1) is 17.0 Å². The van der Waals surface area contributed by atoms with E-state index in [0.29, 0.717) is 16.6 Å². The summed E-state index contributed by atoms with van der Waals surface area (Å²) in [6.45, 7) is 1.93. The van der Waals surface area contributed by atoms with Crippen LogP contribution in [0.5, 0.6) is 0 Å². The van der Waals surface area contributed by atoms with E-state index in [1.165, 1.54) is 0 Å². The van der Waals surface area contributed by atoms with E-state index < -0.39 is 0 Å². The first-order chi connectivity index (χ1) is 8.20. The minimum absolute atomic E-state index is 0.605. The summed E-state index contributed by atoms with van der Waals surface area (Å²) in [5.74, 6) is 7.49. The number of anilines is 1. The second-order valence-corrected chi connectivity index (χ2v) is 4.82. The number of thioether (sulfide) groups is 1. The zero-order chi connectivity index (χ0) is 12.3. The standard InChI is InChI=1S/C11H12ClN3OS/c1-7-10(4-5-16-7)17-6-9-8(12)2-3-11(14-9)15-13/h2-5H,6,13H2,1H3,(H,14,15). The number of nitrogens with two attached hydrogens (primary N) is 1. The molecule has 0 unspecified atom stereocenters. The number of nitrogens with zero attached hydrogens (tertiary/aromatic N) is 1. The van der Waals surface area contributed by atoms with Crippen molar-refractivity contribution in [2.75, 3.05) is 5.43 Å². The van der Waals surface area contributed by atoms with Gasteiger partial charge in [-0.3, -0.25) is 0 Å². The maximum absolute atomic E-state index is 6.07. The van der Waals surface area contributed by atoms with Crippen LogP contribution in [0.2, 0.25) is 5.02 Å². The Morgan fingerprint density at radius 2 is 2.29 bits per heavy atom. The summed E-state index contributed by atoms with van der Waals surface area (Å²) in [4.78, 5) is 5.39. The van der Waals surface area contributed by atoms with Gasteiger partial charge in [-0.15, -0.1) is 11.8 Å². The Hall–Kier alpha value is -1.17. The molecule has 0 atom stereocenters. The number of halogens is 1. The van der Waals surface area contributed by atoms with Crippen molar-refractivity contribution in [2.45, 2.75) is 17.6 Å². The van der Waals surface area contributed by atoms with Crippen molar-refractivity contribution in [1.82, 2.24) is 4.98 Å². The molecule has 0 aliphatic carbocycles. The molecule has 4 nitrogen and oxygen atoms in total. The number of pyridine rings is 1. The lowest BCUT2D eigenvalue weighted by Crippen LogP contribution is -2.09. The van der Waals surface area contributed by atoms with Crippen LogP contribution < -0.4 is 11.3 Å². The highest BCUT2D eigenvalue weighted by atomic mass is 35.5. The minimum Gasteiger partial charge on any atom is -0.468 e. The highest BCUT2D eigenvalue weighted by Crippen LogP contribution is 2.29. The van der Waals surface area contributed by atoms with Crippen LogP contribution in [0, 0.1) is 6.92 Å². The number of aryl methyl sites for hydroxylation is 1. The van der Waals surface area contributed by atoms with E-state index in [2.05, 4.69) is 10.4 Å². The normalized spacial score (nSPS) is 10.5. The first-order valence-electron chi connectivity index (χ1n) is 4.99. The average molecular weight is 270 g/mol. The van der Waals surface area contributed by atoms with Crippen molar-refractivity contribution in [1.29, 1.82) is 0 Å². The molecule has 2 rings (SSSR count). The van der Waals surface area contributed by atoms with E-state index in [0.717, 1.165) is 16.3 Å². The summed E-state index contributed by atoms with van der Waals surface area (Å²) >= 11 is 7.70. The van der Waals surface area contributed by atoms with Gasteiger partial charge in [-0.25, -0.2) is 10.8 Å². The molecule has 2 aromatic heterocycles. The third kappa shape index (κ3) is 2.94. The number of aromatic nitrogens is 1. The number of hydrazine groups is 1. The van der Waals surface area contributed by atoms with Crippen LogP contribution in [0.15, 0.2) is 33.8 Å². The molecule has 0 aliphatic heterocycles. The Bertz CT molecular complexity index is 515. The van der Waals surface area contributed by atoms with Crippen molar-refractivity contribution in [3.8, 4) is 0 Å². The van der Waals surface area contributed by atoms with Crippen molar-refractivity contribution >= 4 is 29.2 Å². The number of furan rings is 1. The van der Waals surface area contributed by atoms with Crippen molar-refractivity contribution in [3.63, 3.8) is 0 Å². The number of nitrogen functional groups attached to an aromatic ring is 1. The molecule has 2 aromatic rings. The Morgan fingerprint density at radius 1 is 1.47 bits per heavy atom. The highest BCUT2D eigenvalue weighted by Gasteiger charge is 2.07. The molecule has 0 radical (unpaired) electrons. The molecule has 0 spiro atoms. The molecule has 0 aromatic carbocycles. The predicted octanol–water partition coefficient (Wildman–Crippen LogP) is 3.21. The Kier molecular flexibility index (Phi) is 3.93. The fourth-order valence-electron chi connectivity index (χ4n) is 1.34. The van der Waals surface area contributed by atoms with Crippen LogP contribution in [-0.2, 0) is 5.75 Å². The van der Waals surface area contributed by atoms with Crippen LogP contribution in [0.4, 0.5) is 5.82 Å². The van der Waals surface area contributed by atoms with Gasteiger partial charge in [0.25, 0.3) is 0 Å². The van der Waals surface area contributed by atoms with E-state index >= 15 is 0 Å². The molecule has 0 fully saturated rings. The van der Waals surface area contributed by atoms with Gasteiger partial charge in [0.2, 0.25) is 0 Å². The Balaban J connectivity index is 2.11. The summed E-state index contributed by atoms with van der Waals surface area (Å²) in [6, 6.07) is 5.44. The van der Waals surface area contributed by atoms with E-state index in [1.807, 2.05) is 13.0 Å². The van der Waals surface area contributed by atoms with Gasteiger partial charge in [0.1, 0.15) is 11.6 Å². The summed E-state index contributed by atoms with van der Waals surface area (Å²) in [6.07, 6.45) is 1.67. The topological polar surface area (TPSA) is 64.1 Å². The van der Waals surface area contributed by atoms with Crippen LogP contribution >= 0.6 is 23.4 Å². The third-order valence-corrected chi connectivity index (χ3v) is 3.74. The lowest BCUT2D eigenvalue weighted by Gasteiger charge is -2.05. The zero-order valence-electron chi connectivity index (χ0n) is 9.24. The largest absolute Gasteiger partial charge is 0.468 e. The predicted molar refractivity (Wildman–Crippen MR) is 70.1 cm³/mol. The van der Waals surface area contributed by atoms with Crippen molar-refractivity contribution in [3.05, 3.63) is 40.9 Å². The van der Waals surface area contributed by atoms with Crippen molar-refractivity contribution in [2.24, 2.45) is 5.84 Å². The number of nitrogens with one attached hydrogen (secondary N) is 1. The first kappa shape index (κ1) is 12.3. The van der Waals surface area contributed by atoms with Gasteiger partial charge < -0.3 is 9.84 Å². The molecule has 0 amide bonds. The second kappa shape index (κ2) is 5.44. The SMILES string of the molecule is Cc1occc1SCc1nc(NN)ccc1Cl. The molecular formula is C11H12ClN3OS. The summed E-state index contributed by atoms with van der Waals surface area (Å²) in [5.41, 5.74) is 3.30. The number of hydrogen-bond acceptors (Lipinski definition) is 5. The maximum atomic E-state index is 6.07. The monoisotopic (exact) mass is 269 g/mol. The van der Waals surface area contributed by atoms with Crippen LogP contribution in [-0.4, -0.2) is 4.98 Å². The van der Waals surface area contributed by atoms with Gasteiger partial charge in [0, 0.05) is 10.6 Å². The molecule has 3 N–H and O–H groups in total. The Morgan fingerprint density at radius 3 is 2.94 bits per heavy atom. The smallest absolute Gasteiger partial charge is 0.140 e. The van der Waals surface area contributed by atoms with Gasteiger partial charge in [-0.1, -0.05) is 11.6 Å². The van der Waals surface area contributed by atoms with Crippen LogP contribution in [0.1, 0.15) is 11.5 Å². The van der Waals surface area contributed by atoms with Crippen LogP contribution in [0.25, 0.3) is 0 Å². The lowest BCUT2D eigenvalue weighted by molar-refractivity contribution is 0.527. The highest BCUT2D eigenvalue weighted by molar-refractivity contribution is 7.98. The van der Waals surface area contributed by atoms with Crippen LogP contribution in [0.3, 0.4) is 0 Å². The summed E-state index contributed by atoms with van der Waals surface area (Å²) in [7, 11) is 0. The first-order valence-corrected chi connectivity index (χ1v) is 6.36. The zero-order valence-corrected chi connectivity index (χ0v) is 10.8. The second-order valence-electron chi connectivity index (χ2n) is 3.40.